The van der Waals surface area contributed by atoms with E-state index in [1.54, 1.807) is 11.3 Å². The zero-order valence-corrected chi connectivity index (χ0v) is 14.5. The fourth-order valence-corrected chi connectivity index (χ4v) is 3.80. The first-order valence-corrected chi connectivity index (χ1v) is 8.75. The molecule has 0 aromatic carbocycles. The van der Waals surface area contributed by atoms with Crippen LogP contribution in [0.25, 0.3) is 0 Å². The van der Waals surface area contributed by atoms with E-state index in [9.17, 15) is 4.79 Å². The molecule has 1 unspecified atom stereocenters. The average Bonchev–Trinajstić information content (AvgIpc) is 3.13. The third kappa shape index (κ3) is 2.82. The highest BCUT2D eigenvalue weighted by Gasteiger charge is 2.36. The molecule has 3 rings (SSSR count). The molecule has 1 amide bonds. The van der Waals surface area contributed by atoms with Gasteiger partial charge in [-0.25, -0.2) is 0 Å². The zero-order chi connectivity index (χ0) is 15.9. The maximum absolute atomic E-state index is 13.1. The highest BCUT2D eigenvalue weighted by atomic mass is 32.1. The Balaban J connectivity index is 1.83. The van der Waals surface area contributed by atoms with E-state index in [2.05, 4.69) is 26.8 Å². The molecule has 1 saturated carbocycles. The number of thiophene rings is 1. The Bertz CT molecular complexity index is 670. The zero-order valence-electron chi connectivity index (χ0n) is 13.7. The van der Waals surface area contributed by atoms with Crippen molar-refractivity contribution in [2.45, 2.75) is 52.1 Å². The molecule has 1 fully saturated rings. The van der Waals surface area contributed by atoms with Gasteiger partial charge in [0.05, 0.1) is 11.6 Å². The third-order valence-electron chi connectivity index (χ3n) is 4.57. The molecule has 4 nitrogen and oxygen atoms in total. The predicted molar refractivity (Wildman–Crippen MR) is 89.0 cm³/mol. The molecular formula is C17H23N3OS. The smallest absolute Gasteiger partial charge is 0.230 e. The molecule has 1 atom stereocenters. The molecule has 0 aliphatic heterocycles. The SMILES string of the molecule is Cc1nn(C)c(C)c1C(C)C(=O)N(Cc1ccsc1)C1CC1. The number of nitrogens with zero attached hydrogens (tertiary/aromatic N) is 3. The molecule has 2 heterocycles. The summed E-state index contributed by atoms with van der Waals surface area (Å²) in [6, 6.07) is 2.53. The lowest BCUT2D eigenvalue weighted by Gasteiger charge is -2.26. The average molecular weight is 317 g/mol. The lowest BCUT2D eigenvalue weighted by atomic mass is 9.97. The normalized spacial score (nSPS) is 15.8. The van der Waals surface area contributed by atoms with Crippen molar-refractivity contribution in [2.24, 2.45) is 7.05 Å². The number of aromatic nitrogens is 2. The van der Waals surface area contributed by atoms with E-state index in [0.717, 1.165) is 36.3 Å². The second-order valence-corrected chi connectivity index (χ2v) is 7.04. The summed E-state index contributed by atoms with van der Waals surface area (Å²) in [5.74, 6) is 0.0980. The fraction of sp³-hybridized carbons (Fsp3) is 0.529. The Labute approximate surface area is 135 Å². The van der Waals surface area contributed by atoms with Crippen molar-refractivity contribution in [3.05, 3.63) is 39.3 Å². The van der Waals surface area contributed by atoms with Crippen molar-refractivity contribution in [1.82, 2.24) is 14.7 Å². The van der Waals surface area contributed by atoms with Gasteiger partial charge in [0.15, 0.2) is 0 Å². The fourth-order valence-electron chi connectivity index (χ4n) is 3.14. The lowest BCUT2D eigenvalue weighted by Crippen LogP contribution is -2.35. The van der Waals surface area contributed by atoms with Crippen molar-refractivity contribution < 1.29 is 4.79 Å². The third-order valence-corrected chi connectivity index (χ3v) is 5.30. The molecule has 0 spiro atoms. The van der Waals surface area contributed by atoms with E-state index in [1.165, 1.54) is 5.56 Å². The van der Waals surface area contributed by atoms with E-state index in [1.807, 2.05) is 32.5 Å². The van der Waals surface area contributed by atoms with E-state index in [0.29, 0.717) is 6.04 Å². The van der Waals surface area contributed by atoms with Crippen molar-refractivity contribution in [1.29, 1.82) is 0 Å². The van der Waals surface area contributed by atoms with Crippen LogP contribution in [0.1, 0.15) is 48.2 Å². The maximum Gasteiger partial charge on any atom is 0.230 e. The van der Waals surface area contributed by atoms with Gasteiger partial charge in [0.2, 0.25) is 5.91 Å². The first kappa shape index (κ1) is 15.3. The summed E-state index contributed by atoms with van der Waals surface area (Å²) in [7, 11) is 1.94. The van der Waals surface area contributed by atoms with E-state index in [-0.39, 0.29) is 11.8 Å². The molecular weight excluding hydrogens is 294 g/mol. The quantitative estimate of drug-likeness (QED) is 0.848. The van der Waals surface area contributed by atoms with Crippen LogP contribution < -0.4 is 0 Å². The highest BCUT2D eigenvalue weighted by Crippen LogP contribution is 2.33. The standard InChI is InChI=1S/C17H23N3OS/c1-11(16-12(2)18-19(4)13(16)3)17(21)20(15-5-6-15)9-14-7-8-22-10-14/h7-8,10-11,15H,5-6,9H2,1-4H3. The molecule has 118 valence electrons. The summed E-state index contributed by atoms with van der Waals surface area (Å²) in [5.41, 5.74) is 4.37. The van der Waals surface area contributed by atoms with Crippen molar-refractivity contribution in [3.8, 4) is 0 Å². The molecule has 1 aliphatic rings. The summed E-state index contributed by atoms with van der Waals surface area (Å²) in [6.07, 6.45) is 2.27. The Kier molecular flexibility index (Phi) is 4.08. The van der Waals surface area contributed by atoms with Crippen LogP contribution in [0.3, 0.4) is 0 Å². The second-order valence-electron chi connectivity index (χ2n) is 6.26. The van der Waals surface area contributed by atoms with Crippen molar-refractivity contribution in [3.63, 3.8) is 0 Å². The summed E-state index contributed by atoms with van der Waals surface area (Å²) in [6.45, 7) is 6.78. The van der Waals surface area contributed by atoms with E-state index in [4.69, 9.17) is 0 Å². The summed E-state index contributed by atoms with van der Waals surface area (Å²) in [4.78, 5) is 15.1. The van der Waals surface area contributed by atoms with Gasteiger partial charge in [-0.15, -0.1) is 0 Å². The molecule has 0 bridgehead atoms. The Morgan fingerprint density at radius 3 is 2.73 bits per heavy atom. The van der Waals surface area contributed by atoms with Crippen LogP contribution >= 0.6 is 11.3 Å². The van der Waals surface area contributed by atoms with Crippen LogP contribution in [-0.2, 0) is 18.4 Å². The number of hydrogen-bond acceptors (Lipinski definition) is 3. The van der Waals surface area contributed by atoms with Crippen LogP contribution in [0.4, 0.5) is 0 Å². The van der Waals surface area contributed by atoms with Crippen molar-refractivity contribution in [2.75, 3.05) is 0 Å². The van der Waals surface area contributed by atoms with Crippen LogP contribution in [-0.4, -0.2) is 26.6 Å². The predicted octanol–water partition coefficient (Wildman–Crippen LogP) is 3.39. The van der Waals surface area contributed by atoms with Gasteiger partial charge in [-0.3, -0.25) is 9.48 Å². The molecule has 2 aromatic rings. The Morgan fingerprint density at radius 2 is 2.23 bits per heavy atom. The topological polar surface area (TPSA) is 38.1 Å². The molecule has 2 aromatic heterocycles. The number of carbonyl (C=O) groups is 1. The molecule has 22 heavy (non-hydrogen) atoms. The monoisotopic (exact) mass is 317 g/mol. The number of amides is 1. The van der Waals surface area contributed by atoms with E-state index < -0.39 is 0 Å². The summed E-state index contributed by atoms with van der Waals surface area (Å²) < 4.78 is 1.87. The van der Waals surface area contributed by atoms with Gasteiger partial charge in [-0.1, -0.05) is 0 Å². The van der Waals surface area contributed by atoms with Crippen molar-refractivity contribution >= 4 is 17.2 Å². The number of carbonyl (C=O) groups excluding carboxylic acids is 1. The summed E-state index contributed by atoms with van der Waals surface area (Å²) in [5, 5.41) is 8.66. The Morgan fingerprint density at radius 1 is 1.50 bits per heavy atom. The number of rotatable bonds is 5. The highest BCUT2D eigenvalue weighted by molar-refractivity contribution is 7.07. The van der Waals surface area contributed by atoms with Gasteiger partial charge in [0.25, 0.3) is 0 Å². The largest absolute Gasteiger partial charge is 0.335 e. The minimum absolute atomic E-state index is 0.132. The minimum atomic E-state index is -0.132. The van der Waals surface area contributed by atoms with Crippen LogP contribution in [0.5, 0.6) is 0 Å². The van der Waals surface area contributed by atoms with Gasteiger partial charge in [0.1, 0.15) is 0 Å². The molecule has 1 aliphatic carbocycles. The maximum atomic E-state index is 13.1. The lowest BCUT2D eigenvalue weighted by molar-refractivity contribution is -0.133. The van der Waals surface area contributed by atoms with E-state index >= 15 is 0 Å². The van der Waals surface area contributed by atoms with Gasteiger partial charge in [-0.05, 0) is 56.0 Å². The molecule has 0 radical (unpaired) electrons. The first-order chi connectivity index (χ1) is 10.5. The minimum Gasteiger partial charge on any atom is -0.335 e. The van der Waals surface area contributed by atoms with Gasteiger partial charge < -0.3 is 4.90 Å². The second kappa shape index (κ2) is 5.88. The molecule has 5 heteroatoms. The van der Waals surface area contributed by atoms with Crippen LogP contribution in [0.15, 0.2) is 16.8 Å². The molecule has 0 saturated heterocycles. The van der Waals surface area contributed by atoms with Crippen LogP contribution in [0, 0.1) is 13.8 Å². The van der Waals surface area contributed by atoms with Crippen LogP contribution in [0.2, 0.25) is 0 Å². The Hall–Kier alpha value is -1.62. The number of hydrogen-bond donors (Lipinski definition) is 0. The van der Waals surface area contributed by atoms with Gasteiger partial charge in [0, 0.05) is 30.9 Å². The first-order valence-electron chi connectivity index (χ1n) is 7.80. The van der Waals surface area contributed by atoms with Gasteiger partial charge >= 0.3 is 0 Å². The molecule has 0 N–H and O–H groups in total. The van der Waals surface area contributed by atoms with Gasteiger partial charge in [-0.2, -0.15) is 16.4 Å². The summed E-state index contributed by atoms with van der Waals surface area (Å²) >= 11 is 1.69. The number of aryl methyl sites for hydroxylation is 2.